The molecule has 0 N–H and O–H groups in total. The predicted octanol–water partition coefficient (Wildman–Crippen LogP) is 8.62. The first-order valence-electron chi connectivity index (χ1n) is 10.9. The van der Waals surface area contributed by atoms with Gasteiger partial charge in [0.1, 0.15) is 0 Å². The SMILES string of the molecule is ISc1ccc(-c2ccc3cc(-c4ccc(-c5cnc6ccccc6c5)nc4)cnc3c2)cc1. The second kappa shape index (κ2) is 9.16. The lowest BCUT2D eigenvalue weighted by molar-refractivity contribution is 1.30. The molecular formula is C29H18IN3S. The Morgan fingerprint density at radius 3 is 2.00 bits per heavy atom. The fourth-order valence-electron chi connectivity index (χ4n) is 4.10. The molecule has 0 amide bonds. The summed E-state index contributed by atoms with van der Waals surface area (Å²) >= 11 is 2.31. The van der Waals surface area contributed by atoms with Gasteiger partial charge in [0, 0.05) is 72.2 Å². The van der Waals surface area contributed by atoms with Gasteiger partial charge < -0.3 is 0 Å². The number of aromatic nitrogens is 3. The van der Waals surface area contributed by atoms with Gasteiger partial charge in [-0.3, -0.25) is 15.0 Å². The Kier molecular flexibility index (Phi) is 5.73. The molecule has 0 bridgehead atoms. The molecular weight excluding hydrogens is 549 g/mol. The Morgan fingerprint density at radius 2 is 1.18 bits per heavy atom. The first-order chi connectivity index (χ1) is 16.8. The van der Waals surface area contributed by atoms with Crippen molar-refractivity contribution in [2.75, 3.05) is 0 Å². The summed E-state index contributed by atoms with van der Waals surface area (Å²) in [5.41, 5.74) is 8.37. The van der Waals surface area contributed by atoms with Crippen molar-refractivity contribution < 1.29 is 0 Å². The summed E-state index contributed by atoms with van der Waals surface area (Å²) in [4.78, 5) is 15.3. The van der Waals surface area contributed by atoms with Crippen molar-refractivity contribution in [1.82, 2.24) is 15.0 Å². The standard InChI is InChI=1S/C29H18IN3S/c30-34-26-10-7-19(8-11-26)20-5-6-22-13-24(17-33-29(22)15-20)23-9-12-28(31-16-23)25-14-21-3-1-2-4-27(21)32-18-25/h1-18H. The molecule has 34 heavy (non-hydrogen) atoms. The van der Waals surface area contributed by atoms with Crippen molar-refractivity contribution in [3.8, 4) is 33.5 Å². The summed E-state index contributed by atoms with van der Waals surface area (Å²) < 4.78 is 0. The van der Waals surface area contributed by atoms with Gasteiger partial charge in [-0.2, -0.15) is 0 Å². The van der Waals surface area contributed by atoms with Crippen LogP contribution in [0.4, 0.5) is 0 Å². The molecule has 0 radical (unpaired) electrons. The highest BCUT2D eigenvalue weighted by molar-refractivity contribution is 14.2. The van der Waals surface area contributed by atoms with Gasteiger partial charge in [0.25, 0.3) is 0 Å². The number of hydrogen-bond donors (Lipinski definition) is 0. The summed E-state index contributed by atoms with van der Waals surface area (Å²) in [6, 6.07) is 31.7. The Morgan fingerprint density at radius 1 is 0.500 bits per heavy atom. The number of benzene rings is 3. The van der Waals surface area contributed by atoms with Crippen LogP contribution in [-0.4, -0.2) is 15.0 Å². The zero-order valence-electron chi connectivity index (χ0n) is 18.0. The molecule has 0 unspecified atom stereocenters. The highest BCUT2D eigenvalue weighted by atomic mass is 127. The second-order valence-electron chi connectivity index (χ2n) is 8.08. The fourth-order valence-corrected chi connectivity index (χ4v) is 5.22. The third-order valence-electron chi connectivity index (χ3n) is 5.94. The van der Waals surface area contributed by atoms with Gasteiger partial charge in [0.2, 0.25) is 0 Å². The van der Waals surface area contributed by atoms with Gasteiger partial charge in [0.05, 0.1) is 16.7 Å². The van der Waals surface area contributed by atoms with E-state index in [1.165, 1.54) is 16.0 Å². The van der Waals surface area contributed by atoms with Crippen molar-refractivity contribution in [1.29, 1.82) is 0 Å². The number of fused-ring (bicyclic) bond motifs is 2. The van der Waals surface area contributed by atoms with Crippen LogP contribution in [0.1, 0.15) is 0 Å². The minimum atomic E-state index is 0.910. The topological polar surface area (TPSA) is 38.7 Å². The van der Waals surface area contributed by atoms with E-state index < -0.39 is 0 Å². The van der Waals surface area contributed by atoms with Gasteiger partial charge >= 0.3 is 0 Å². The third kappa shape index (κ3) is 4.17. The highest BCUT2D eigenvalue weighted by Gasteiger charge is 2.07. The molecule has 162 valence electrons. The molecule has 5 heteroatoms. The molecule has 3 aromatic carbocycles. The van der Waals surface area contributed by atoms with Crippen molar-refractivity contribution in [3.05, 3.63) is 110 Å². The largest absolute Gasteiger partial charge is 0.256 e. The molecule has 3 aromatic heterocycles. The first-order valence-corrected chi connectivity index (χ1v) is 14.2. The van der Waals surface area contributed by atoms with Crippen molar-refractivity contribution in [3.63, 3.8) is 0 Å². The second-order valence-corrected chi connectivity index (χ2v) is 10.0. The average Bonchev–Trinajstić information content (AvgIpc) is 2.92. The molecule has 6 aromatic rings. The maximum Gasteiger partial charge on any atom is 0.0718 e. The number of para-hydroxylation sites is 1. The molecule has 0 aliphatic carbocycles. The number of nitrogens with zero attached hydrogens (tertiary/aromatic N) is 3. The maximum atomic E-state index is 4.75. The summed E-state index contributed by atoms with van der Waals surface area (Å²) in [5, 5.41) is 2.23. The predicted molar refractivity (Wildman–Crippen MR) is 151 cm³/mol. The summed E-state index contributed by atoms with van der Waals surface area (Å²) in [7, 11) is 1.72. The molecule has 0 saturated carbocycles. The molecule has 3 nitrogen and oxygen atoms in total. The van der Waals surface area contributed by atoms with Crippen LogP contribution >= 0.6 is 30.1 Å². The van der Waals surface area contributed by atoms with Crippen LogP contribution in [0.2, 0.25) is 0 Å². The summed E-state index contributed by atoms with van der Waals surface area (Å²) in [5.74, 6) is 0. The number of hydrogen-bond acceptors (Lipinski definition) is 4. The van der Waals surface area contributed by atoms with Crippen LogP contribution in [0, 0.1) is 0 Å². The van der Waals surface area contributed by atoms with Gasteiger partial charge in [0.15, 0.2) is 0 Å². The smallest absolute Gasteiger partial charge is 0.0718 e. The number of pyridine rings is 3. The van der Waals surface area contributed by atoms with E-state index in [-0.39, 0.29) is 0 Å². The third-order valence-corrected chi connectivity index (χ3v) is 7.92. The van der Waals surface area contributed by atoms with Crippen LogP contribution in [0.5, 0.6) is 0 Å². The fraction of sp³-hybridized carbons (Fsp3) is 0. The lowest BCUT2D eigenvalue weighted by Gasteiger charge is -2.08. The quantitative estimate of drug-likeness (QED) is 0.200. The van der Waals surface area contributed by atoms with E-state index in [9.17, 15) is 0 Å². The molecule has 0 spiro atoms. The summed E-state index contributed by atoms with van der Waals surface area (Å²) in [6.45, 7) is 0. The van der Waals surface area contributed by atoms with Gasteiger partial charge in [-0.25, -0.2) is 0 Å². The Labute approximate surface area is 213 Å². The van der Waals surface area contributed by atoms with E-state index >= 15 is 0 Å². The molecule has 6 rings (SSSR count). The van der Waals surface area contributed by atoms with Gasteiger partial charge in [-0.15, -0.1) is 0 Å². The molecule has 0 atom stereocenters. The number of halogens is 1. The monoisotopic (exact) mass is 567 g/mol. The molecule has 3 heterocycles. The molecule has 0 fully saturated rings. The van der Waals surface area contributed by atoms with Crippen LogP contribution < -0.4 is 0 Å². The van der Waals surface area contributed by atoms with Gasteiger partial charge in [-0.1, -0.05) is 57.5 Å². The Bertz CT molecular complexity index is 1630. The summed E-state index contributed by atoms with van der Waals surface area (Å²) in [6.07, 6.45) is 5.72. The van der Waals surface area contributed by atoms with E-state index in [4.69, 9.17) is 9.97 Å². The normalized spacial score (nSPS) is 11.2. The average molecular weight is 567 g/mol. The minimum absolute atomic E-state index is 0.910. The van der Waals surface area contributed by atoms with Crippen LogP contribution in [0.15, 0.2) is 114 Å². The van der Waals surface area contributed by atoms with Crippen molar-refractivity contribution in [2.24, 2.45) is 0 Å². The van der Waals surface area contributed by atoms with Crippen LogP contribution in [0.3, 0.4) is 0 Å². The van der Waals surface area contributed by atoms with E-state index in [0.717, 1.165) is 44.2 Å². The molecule has 0 saturated heterocycles. The zero-order valence-corrected chi connectivity index (χ0v) is 21.0. The van der Waals surface area contributed by atoms with Crippen molar-refractivity contribution >= 4 is 51.9 Å². The van der Waals surface area contributed by atoms with Crippen LogP contribution in [0.25, 0.3) is 55.3 Å². The Hall–Kier alpha value is -3.29. The maximum absolute atomic E-state index is 4.75. The minimum Gasteiger partial charge on any atom is -0.256 e. The Balaban J connectivity index is 1.29. The lowest BCUT2D eigenvalue weighted by Crippen LogP contribution is -1.89. The van der Waals surface area contributed by atoms with E-state index in [0.29, 0.717) is 0 Å². The van der Waals surface area contributed by atoms with Crippen LogP contribution in [-0.2, 0) is 0 Å². The van der Waals surface area contributed by atoms with Crippen molar-refractivity contribution in [2.45, 2.75) is 4.90 Å². The molecule has 0 aliphatic rings. The van der Waals surface area contributed by atoms with E-state index in [2.05, 4.69) is 92.9 Å². The highest BCUT2D eigenvalue weighted by Crippen LogP contribution is 2.30. The zero-order chi connectivity index (χ0) is 22.9. The van der Waals surface area contributed by atoms with E-state index in [1.54, 1.807) is 8.93 Å². The van der Waals surface area contributed by atoms with E-state index in [1.807, 2.05) is 42.9 Å². The van der Waals surface area contributed by atoms with Gasteiger partial charge in [-0.05, 0) is 53.6 Å². The number of rotatable bonds is 4. The molecule has 0 aliphatic heterocycles. The first kappa shape index (κ1) is 21.3. The lowest BCUT2D eigenvalue weighted by atomic mass is 10.0.